The summed E-state index contributed by atoms with van der Waals surface area (Å²) < 4.78 is 1.75. The number of hydrogen-bond donors (Lipinski definition) is 2. The van der Waals surface area contributed by atoms with Crippen LogP contribution in [0.25, 0.3) is 0 Å². The maximum atomic E-state index is 10.9. The third-order valence-electron chi connectivity index (χ3n) is 2.19. The number of amides is 1. The van der Waals surface area contributed by atoms with Crippen LogP contribution in [0.5, 0.6) is 0 Å². The Morgan fingerprint density at radius 1 is 1.65 bits per heavy atom. The summed E-state index contributed by atoms with van der Waals surface area (Å²) in [4.78, 5) is 10.9. The average molecular weight is 234 g/mol. The molecular formula is C12H18N4O. The summed E-state index contributed by atoms with van der Waals surface area (Å²) >= 11 is 0. The smallest absolute Gasteiger partial charge is 0.234 e. The van der Waals surface area contributed by atoms with Crippen molar-refractivity contribution < 1.29 is 4.79 Å². The highest BCUT2D eigenvalue weighted by molar-refractivity contribution is 5.77. The van der Waals surface area contributed by atoms with Crippen LogP contribution in [0.4, 0.5) is 0 Å². The molecule has 5 nitrogen and oxygen atoms in total. The molecule has 0 fully saturated rings. The van der Waals surface area contributed by atoms with Crippen molar-refractivity contribution in [3.05, 3.63) is 17.5 Å². The van der Waals surface area contributed by atoms with Gasteiger partial charge in [-0.25, -0.2) is 0 Å². The zero-order valence-corrected chi connectivity index (χ0v) is 10.4. The van der Waals surface area contributed by atoms with Gasteiger partial charge < -0.3 is 11.1 Å². The second-order valence-electron chi connectivity index (χ2n) is 4.04. The number of nitrogens with zero attached hydrogens (tertiary/aromatic N) is 2. The largest absolute Gasteiger partial charge is 0.344 e. The van der Waals surface area contributed by atoms with Gasteiger partial charge >= 0.3 is 0 Å². The predicted octanol–water partition coefficient (Wildman–Crippen LogP) is -0.0301. The lowest BCUT2D eigenvalue weighted by Crippen LogP contribution is -2.30. The van der Waals surface area contributed by atoms with Crippen LogP contribution in [0.3, 0.4) is 0 Å². The molecule has 1 rings (SSSR count). The summed E-state index contributed by atoms with van der Waals surface area (Å²) in [6.07, 6.45) is 1.88. The second-order valence-corrected chi connectivity index (χ2v) is 4.04. The van der Waals surface area contributed by atoms with E-state index in [1.807, 2.05) is 13.2 Å². The van der Waals surface area contributed by atoms with Crippen LogP contribution in [0.15, 0.2) is 6.20 Å². The number of nitrogens with one attached hydrogen (secondary N) is 1. The van der Waals surface area contributed by atoms with E-state index in [4.69, 9.17) is 5.73 Å². The SMILES string of the molecule is CC(C)c1nn(C)cc1C#CCNC(=O)CN. The third-order valence-corrected chi connectivity index (χ3v) is 2.19. The maximum Gasteiger partial charge on any atom is 0.234 e. The van der Waals surface area contributed by atoms with Crippen molar-refractivity contribution >= 4 is 5.91 Å². The summed E-state index contributed by atoms with van der Waals surface area (Å²) in [5, 5.41) is 6.94. The molecule has 0 atom stereocenters. The van der Waals surface area contributed by atoms with Gasteiger partial charge in [-0.05, 0) is 5.92 Å². The van der Waals surface area contributed by atoms with E-state index in [0.29, 0.717) is 12.5 Å². The van der Waals surface area contributed by atoms with Crippen LogP contribution < -0.4 is 11.1 Å². The summed E-state index contributed by atoms with van der Waals surface area (Å²) in [5.41, 5.74) is 7.04. The molecule has 1 amide bonds. The van der Waals surface area contributed by atoms with E-state index in [2.05, 4.69) is 36.1 Å². The Hall–Kier alpha value is -1.80. The lowest BCUT2D eigenvalue weighted by atomic mass is 10.1. The molecule has 0 radical (unpaired) electrons. The monoisotopic (exact) mass is 234 g/mol. The molecule has 0 aromatic carbocycles. The number of hydrogen-bond acceptors (Lipinski definition) is 3. The minimum atomic E-state index is -0.199. The Morgan fingerprint density at radius 3 is 2.94 bits per heavy atom. The van der Waals surface area contributed by atoms with E-state index in [9.17, 15) is 4.79 Å². The first-order valence-electron chi connectivity index (χ1n) is 5.53. The van der Waals surface area contributed by atoms with Gasteiger partial charge in [0.2, 0.25) is 5.91 Å². The number of aromatic nitrogens is 2. The van der Waals surface area contributed by atoms with Gasteiger partial charge in [0.15, 0.2) is 0 Å². The number of nitrogens with two attached hydrogens (primary N) is 1. The molecule has 0 aliphatic carbocycles. The minimum Gasteiger partial charge on any atom is -0.344 e. The fourth-order valence-corrected chi connectivity index (χ4v) is 1.38. The number of carbonyl (C=O) groups excluding carboxylic acids is 1. The molecule has 0 aliphatic heterocycles. The molecule has 0 spiro atoms. The van der Waals surface area contributed by atoms with Crippen molar-refractivity contribution in [2.75, 3.05) is 13.1 Å². The van der Waals surface area contributed by atoms with Crippen molar-refractivity contribution in [3.8, 4) is 11.8 Å². The Bertz CT molecular complexity index is 451. The molecular weight excluding hydrogens is 216 g/mol. The first-order chi connectivity index (χ1) is 8.04. The molecule has 17 heavy (non-hydrogen) atoms. The van der Waals surface area contributed by atoms with E-state index in [1.54, 1.807) is 4.68 Å². The van der Waals surface area contributed by atoms with Crippen molar-refractivity contribution in [3.63, 3.8) is 0 Å². The first kappa shape index (κ1) is 13.3. The zero-order chi connectivity index (χ0) is 12.8. The fourth-order valence-electron chi connectivity index (χ4n) is 1.38. The van der Waals surface area contributed by atoms with Gasteiger partial charge in [0.25, 0.3) is 0 Å². The quantitative estimate of drug-likeness (QED) is 0.721. The summed E-state index contributed by atoms with van der Waals surface area (Å²) in [5.74, 6) is 6.02. The van der Waals surface area contributed by atoms with E-state index in [0.717, 1.165) is 11.3 Å². The molecule has 3 N–H and O–H groups in total. The van der Waals surface area contributed by atoms with Gasteiger partial charge in [-0.2, -0.15) is 5.10 Å². The van der Waals surface area contributed by atoms with Gasteiger partial charge in [-0.1, -0.05) is 25.7 Å². The number of aryl methyl sites for hydroxylation is 1. The predicted molar refractivity (Wildman–Crippen MR) is 66.2 cm³/mol. The molecule has 0 bridgehead atoms. The summed E-state index contributed by atoms with van der Waals surface area (Å²) in [7, 11) is 1.87. The first-order valence-corrected chi connectivity index (χ1v) is 5.53. The van der Waals surface area contributed by atoms with E-state index >= 15 is 0 Å². The zero-order valence-electron chi connectivity index (χ0n) is 10.4. The Labute approximate surface area is 101 Å². The van der Waals surface area contributed by atoms with Crippen LogP contribution in [0, 0.1) is 11.8 Å². The Morgan fingerprint density at radius 2 is 2.35 bits per heavy atom. The molecule has 1 heterocycles. The van der Waals surface area contributed by atoms with Crippen LogP contribution >= 0.6 is 0 Å². The van der Waals surface area contributed by atoms with Crippen molar-refractivity contribution in [2.45, 2.75) is 19.8 Å². The van der Waals surface area contributed by atoms with Gasteiger partial charge in [-0.15, -0.1) is 0 Å². The summed E-state index contributed by atoms with van der Waals surface area (Å²) in [6, 6.07) is 0. The molecule has 1 aromatic heterocycles. The molecule has 0 aliphatic rings. The van der Waals surface area contributed by atoms with E-state index in [-0.39, 0.29) is 12.5 Å². The molecule has 0 saturated heterocycles. The number of carbonyl (C=O) groups is 1. The van der Waals surface area contributed by atoms with Gasteiger partial charge in [-0.3, -0.25) is 9.48 Å². The van der Waals surface area contributed by atoms with Crippen LogP contribution in [-0.2, 0) is 11.8 Å². The number of rotatable bonds is 3. The molecule has 92 valence electrons. The Kier molecular flexibility index (Phi) is 4.73. The van der Waals surface area contributed by atoms with E-state index in [1.165, 1.54) is 0 Å². The van der Waals surface area contributed by atoms with Crippen molar-refractivity contribution in [1.82, 2.24) is 15.1 Å². The molecule has 0 unspecified atom stereocenters. The molecule has 5 heteroatoms. The summed E-state index contributed by atoms with van der Waals surface area (Å²) in [6.45, 7) is 4.45. The van der Waals surface area contributed by atoms with Crippen LogP contribution in [0.1, 0.15) is 31.0 Å². The van der Waals surface area contributed by atoms with Crippen molar-refractivity contribution in [1.29, 1.82) is 0 Å². The second kappa shape index (κ2) is 6.06. The lowest BCUT2D eigenvalue weighted by molar-refractivity contribution is -0.119. The highest BCUT2D eigenvalue weighted by Gasteiger charge is 2.08. The average Bonchev–Trinajstić information content (AvgIpc) is 2.65. The van der Waals surface area contributed by atoms with E-state index < -0.39 is 0 Å². The van der Waals surface area contributed by atoms with Gasteiger partial charge in [0.1, 0.15) is 0 Å². The van der Waals surface area contributed by atoms with Crippen LogP contribution in [-0.4, -0.2) is 28.8 Å². The maximum absolute atomic E-state index is 10.9. The molecule has 1 aromatic rings. The third kappa shape index (κ3) is 3.93. The highest BCUT2D eigenvalue weighted by atomic mass is 16.1. The molecule has 0 saturated carbocycles. The topological polar surface area (TPSA) is 72.9 Å². The van der Waals surface area contributed by atoms with Gasteiger partial charge in [0.05, 0.1) is 24.3 Å². The normalized spacial score (nSPS) is 9.94. The van der Waals surface area contributed by atoms with Crippen LogP contribution in [0.2, 0.25) is 0 Å². The Balaban J connectivity index is 2.68. The fraction of sp³-hybridized carbons (Fsp3) is 0.500. The highest BCUT2D eigenvalue weighted by Crippen LogP contribution is 2.15. The van der Waals surface area contributed by atoms with Crippen molar-refractivity contribution in [2.24, 2.45) is 12.8 Å². The van der Waals surface area contributed by atoms with Gasteiger partial charge in [0, 0.05) is 13.2 Å². The standard InChI is InChI=1S/C12H18N4O/c1-9(2)12-10(8-16(3)15-12)5-4-6-14-11(17)7-13/h8-9H,6-7,13H2,1-3H3,(H,14,17). The minimum absolute atomic E-state index is 0.00812. The lowest BCUT2D eigenvalue weighted by Gasteiger charge is -1.99.